The Kier molecular flexibility index (Phi) is 11.5. The van der Waals surface area contributed by atoms with Crippen molar-refractivity contribution >= 4 is 70.0 Å². The van der Waals surface area contributed by atoms with Gasteiger partial charge in [-0.3, -0.25) is 9.59 Å². The molecule has 0 radical (unpaired) electrons. The van der Waals surface area contributed by atoms with Crippen LogP contribution in [0.25, 0.3) is 0 Å². The van der Waals surface area contributed by atoms with Gasteiger partial charge in [-0.05, 0) is 48.7 Å². The molecule has 0 fully saturated rings. The van der Waals surface area contributed by atoms with Crippen LogP contribution in [0.5, 0.6) is 0 Å². The maximum absolute atomic E-state index is 13.1. The molecule has 4 nitrogen and oxygen atoms in total. The SMILES string of the molecule is CCCCNC(=O)[C@@H](C)N(Cc1ccc(Cl)c(Cl)c1)C(=O)CSCc1ccc(Cl)c(Cl)c1. The fraction of sp³-hybridized carbons (Fsp3) is 0.391. The number of amides is 2. The normalized spacial score (nSPS) is 11.8. The van der Waals surface area contributed by atoms with Gasteiger partial charge >= 0.3 is 0 Å². The molecule has 32 heavy (non-hydrogen) atoms. The highest BCUT2D eigenvalue weighted by Gasteiger charge is 2.26. The van der Waals surface area contributed by atoms with Crippen molar-refractivity contribution < 1.29 is 9.59 Å². The number of hydrogen-bond donors (Lipinski definition) is 1. The molecule has 0 bridgehead atoms. The van der Waals surface area contributed by atoms with Crippen molar-refractivity contribution in [2.75, 3.05) is 12.3 Å². The van der Waals surface area contributed by atoms with E-state index in [1.165, 1.54) is 11.8 Å². The van der Waals surface area contributed by atoms with E-state index in [1.54, 1.807) is 42.2 Å². The van der Waals surface area contributed by atoms with Gasteiger partial charge in [0.05, 0.1) is 25.8 Å². The van der Waals surface area contributed by atoms with Crippen molar-refractivity contribution in [3.05, 3.63) is 67.6 Å². The fourth-order valence-corrected chi connectivity index (χ4v) is 4.42. The molecule has 2 rings (SSSR count). The number of thioether (sulfide) groups is 1. The molecular formula is C23H26Cl4N2O2S. The third-order valence-corrected chi connectivity index (χ3v) is 7.28. The molecule has 2 aromatic rings. The summed E-state index contributed by atoms with van der Waals surface area (Å²) in [5, 5.41) is 4.73. The van der Waals surface area contributed by atoms with Crippen LogP contribution in [0.2, 0.25) is 20.1 Å². The van der Waals surface area contributed by atoms with Gasteiger partial charge in [0.1, 0.15) is 6.04 Å². The fourth-order valence-electron chi connectivity index (χ4n) is 2.92. The number of rotatable bonds is 11. The average Bonchev–Trinajstić information content (AvgIpc) is 2.76. The minimum atomic E-state index is -0.626. The summed E-state index contributed by atoms with van der Waals surface area (Å²) < 4.78 is 0. The average molecular weight is 536 g/mol. The van der Waals surface area contributed by atoms with Gasteiger partial charge in [0.15, 0.2) is 0 Å². The first-order valence-corrected chi connectivity index (χ1v) is 12.9. The van der Waals surface area contributed by atoms with E-state index in [-0.39, 0.29) is 24.1 Å². The third kappa shape index (κ3) is 8.35. The molecule has 0 heterocycles. The minimum absolute atomic E-state index is 0.140. The van der Waals surface area contributed by atoms with Crippen molar-refractivity contribution in [2.45, 2.75) is 45.0 Å². The predicted molar refractivity (Wildman–Crippen MR) is 137 cm³/mol. The highest BCUT2D eigenvalue weighted by Crippen LogP contribution is 2.26. The number of nitrogens with one attached hydrogen (secondary N) is 1. The zero-order valence-corrected chi connectivity index (χ0v) is 21.8. The smallest absolute Gasteiger partial charge is 0.242 e. The van der Waals surface area contributed by atoms with Crippen molar-refractivity contribution in [3.8, 4) is 0 Å². The monoisotopic (exact) mass is 534 g/mol. The van der Waals surface area contributed by atoms with Crippen molar-refractivity contribution in [2.24, 2.45) is 0 Å². The van der Waals surface area contributed by atoms with Gasteiger partial charge in [0.2, 0.25) is 11.8 Å². The standard InChI is InChI=1S/C23H26Cl4N2O2S/c1-3-4-9-28-23(31)15(2)29(12-16-5-7-18(24)20(26)10-16)22(30)14-32-13-17-6-8-19(25)21(27)11-17/h5-8,10-11,15H,3-4,9,12-14H2,1-2H3,(H,28,31)/t15-/m1/s1. The summed E-state index contributed by atoms with van der Waals surface area (Å²) in [4.78, 5) is 27.3. The first-order valence-electron chi connectivity index (χ1n) is 10.3. The highest BCUT2D eigenvalue weighted by molar-refractivity contribution is 7.99. The predicted octanol–water partition coefficient (Wildman–Crippen LogP) is 6.87. The first kappa shape index (κ1) is 27.1. The maximum atomic E-state index is 13.1. The molecule has 2 aromatic carbocycles. The van der Waals surface area contributed by atoms with Gasteiger partial charge in [-0.2, -0.15) is 0 Å². The van der Waals surface area contributed by atoms with Crippen LogP contribution in [0, 0.1) is 0 Å². The minimum Gasteiger partial charge on any atom is -0.354 e. The Balaban J connectivity index is 2.08. The zero-order chi connectivity index (χ0) is 23.7. The number of carbonyl (C=O) groups is 2. The van der Waals surface area contributed by atoms with E-state index in [9.17, 15) is 9.59 Å². The molecule has 0 aromatic heterocycles. The highest BCUT2D eigenvalue weighted by atomic mass is 35.5. The number of hydrogen-bond acceptors (Lipinski definition) is 3. The van der Waals surface area contributed by atoms with Crippen LogP contribution in [0.3, 0.4) is 0 Å². The Morgan fingerprint density at radius 2 is 1.56 bits per heavy atom. The van der Waals surface area contributed by atoms with Crippen LogP contribution in [0.15, 0.2) is 36.4 Å². The topological polar surface area (TPSA) is 49.4 Å². The second kappa shape index (κ2) is 13.6. The molecule has 0 saturated heterocycles. The maximum Gasteiger partial charge on any atom is 0.242 e. The van der Waals surface area contributed by atoms with Crippen molar-refractivity contribution in [1.29, 1.82) is 0 Å². The van der Waals surface area contributed by atoms with Gasteiger partial charge in [0.25, 0.3) is 0 Å². The van der Waals surface area contributed by atoms with E-state index in [1.807, 2.05) is 6.07 Å². The first-order chi connectivity index (χ1) is 15.2. The van der Waals surface area contributed by atoms with E-state index in [0.717, 1.165) is 24.0 Å². The number of carbonyl (C=O) groups excluding carboxylic acids is 2. The summed E-state index contributed by atoms with van der Waals surface area (Å²) in [6.07, 6.45) is 1.87. The van der Waals surface area contributed by atoms with Gasteiger partial charge < -0.3 is 10.2 Å². The summed E-state index contributed by atoms with van der Waals surface area (Å²) in [6, 6.07) is 9.99. The van der Waals surface area contributed by atoms with Crippen LogP contribution in [-0.4, -0.2) is 35.1 Å². The van der Waals surface area contributed by atoms with Gasteiger partial charge in [-0.25, -0.2) is 0 Å². The Labute approximate surface area is 213 Å². The number of halogens is 4. The molecule has 9 heteroatoms. The Morgan fingerprint density at radius 1 is 0.969 bits per heavy atom. The molecule has 0 unspecified atom stereocenters. The van der Waals surface area contributed by atoms with E-state index >= 15 is 0 Å². The van der Waals surface area contributed by atoms with Crippen LogP contribution < -0.4 is 5.32 Å². The van der Waals surface area contributed by atoms with Crippen molar-refractivity contribution in [1.82, 2.24) is 10.2 Å². The van der Waals surface area contributed by atoms with Gasteiger partial charge in [-0.15, -0.1) is 11.8 Å². The van der Waals surface area contributed by atoms with Crippen LogP contribution >= 0.6 is 58.2 Å². The number of unbranched alkanes of at least 4 members (excludes halogenated alkanes) is 1. The number of nitrogens with zero attached hydrogens (tertiary/aromatic N) is 1. The van der Waals surface area contributed by atoms with Gasteiger partial charge in [-0.1, -0.05) is 71.9 Å². The molecule has 1 N–H and O–H groups in total. The van der Waals surface area contributed by atoms with E-state index < -0.39 is 6.04 Å². The molecule has 0 spiro atoms. The van der Waals surface area contributed by atoms with E-state index in [2.05, 4.69) is 12.2 Å². The summed E-state index contributed by atoms with van der Waals surface area (Å²) >= 11 is 25.6. The molecule has 0 aliphatic heterocycles. The third-order valence-electron chi connectivity index (χ3n) is 4.81. The second-order valence-electron chi connectivity index (χ2n) is 7.33. The Bertz CT molecular complexity index is 942. The Hall–Kier alpha value is -1.11. The lowest BCUT2D eigenvalue weighted by Gasteiger charge is -2.29. The molecule has 0 aliphatic rings. The molecule has 0 aliphatic carbocycles. The lowest BCUT2D eigenvalue weighted by Crippen LogP contribution is -2.48. The molecule has 2 amide bonds. The lowest BCUT2D eigenvalue weighted by molar-refractivity contribution is -0.138. The number of benzene rings is 2. The second-order valence-corrected chi connectivity index (χ2v) is 9.95. The zero-order valence-electron chi connectivity index (χ0n) is 18.0. The Morgan fingerprint density at radius 3 is 2.16 bits per heavy atom. The van der Waals surface area contributed by atoms with Gasteiger partial charge in [0, 0.05) is 18.8 Å². The summed E-state index contributed by atoms with van der Waals surface area (Å²) in [7, 11) is 0. The molecular weight excluding hydrogens is 510 g/mol. The van der Waals surface area contributed by atoms with E-state index in [4.69, 9.17) is 46.4 Å². The molecule has 1 atom stereocenters. The summed E-state index contributed by atoms with van der Waals surface area (Å²) in [6.45, 7) is 4.63. The van der Waals surface area contributed by atoms with Crippen LogP contribution in [-0.2, 0) is 21.9 Å². The summed E-state index contributed by atoms with van der Waals surface area (Å²) in [5.41, 5.74) is 1.77. The van der Waals surface area contributed by atoms with Crippen LogP contribution in [0.4, 0.5) is 0 Å². The summed E-state index contributed by atoms with van der Waals surface area (Å²) in [5.74, 6) is 0.495. The van der Waals surface area contributed by atoms with Crippen LogP contribution in [0.1, 0.15) is 37.8 Å². The van der Waals surface area contributed by atoms with Crippen molar-refractivity contribution in [3.63, 3.8) is 0 Å². The lowest BCUT2D eigenvalue weighted by atomic mass is 10.1. The largest absolute Gasteiger partial charge is 0.354 e. The molecule has 174 valence electrons. The van der Waals surface area contributed by atoms with E-state index in [0.29, 0.717) is 32.4 Å². The molecule has 0 saturated carbocycles. The quantitative estimate of drug-likeness (QED) is 0.319.